The molecule has 0 saturated carbocycles. The fourth-order valence-electron chi connectivity index (χ4n) is 3.88. The van der Waals surface area contributed by atoms with E-state index in [9.17, 15) is 4.79 Å². The molecule has 1 amide bonds. The maximum Gasteiger partial charge on any atom is 0.289 e. The third-order valence-corrected chi connectivity index (χ3v) is 5.53. The molecule has 2 saturated heterocycles. The molecule has 150 valence electrons. The zero-order chi connectivity index (χ0) is 19.6. The molecule has 1 aromatic carbocycles. The standard InChI is InChI=1S/C21H23N5O3/c27-21(19-13-16-3-1-2-4-18(16)29-19)26-7-5-24(6-8-26)17-14-20(23-22-15-17)25-9-11-28-12-10-25/h1-4,13-15H,5-12H2. The van der Waals surface area contributed by atoms with Crippen molar-refractivity contribution < 1.29 is 13.9 Å². The summed E-state index contributed by atoms with van der Waals surface area (Å²) in [4.78, 5) is 19.1. The van der Waals surface area contributed by atoms with E-state index in [0.29, 0.717) is 32.1 Å². The molecule has 2 fully saturated rings. The number of anilines is 2. The molecule has 2 aliphatic rings. The minimum Gasteiger partial charge on any atom is -0.451 e. The molecule has 8 heteroatoms. The van der Waals surface area contributed by atoms with Gasteiger partial charge in [-0.2, -0.15) is 5.10 Å². The van der Waals surface area contributed by atoms with E-state index in [1.165, 1.54) is 0 Å². The van der Waals surface area contributed by atoms with Gasteiger partial charge in [-0.25, -0.2) is 0 Å². The Morgan fingerprint density at radius 2 is 1.72 bits per heavy atom. The highest BCUT2D eigenvalue weighted by Crippen LogP contribution is 2.23. The highest BCUT2D eigenvalue weighted by molar-refractivity contribution is 5.96. The summed E-state index contributed by atoms with van der Waals surface area (Å²) in [5.41, 5.74) is 1.78. The van der Waals surface area contributed by atoms with E-state index >= 15 is 0 Å². The SMILES string of the molecule is O=C(c1cc2ccccc2o1)N1CCN(c2cnnc(N3CCOCC3)c2)CC1. The van der Waals surface area contributed by atoms with Crippen LogP contribution in [0.4, 0.5) is 11.5 Å². The molecule has 4 heterocycles. The van der Waals surface area contributed by atoms with Gasteiger partial charge in [-0.1, -0.05) is 18.2 Å². The number of morpholine rings is 1. The number of rotatable bonds is 3. The lowest BCUT2D eigenvalue weighted by atomic mass is 10.2. The van der Waals surface area contributed by atoms with E-state index in [1.54, 1.807) is 6.20 Å². The highest BCUT2D eigenvalue weighted by atomic mass is 16.5. The first-order valence-corrected chi connectivity index (χ1v) is 9.96. The van der Waals surface area contributed by atoms with Crippen LogP contribution in [-0.4, -0.2) is 73.5 Å². The van der Waals surface area contributed by atoms with Gasteiger partial charge in [0.25, 0.3) is 5.91 Å². The van der Waals surface area contributed by atoms with Gasteiger partial charge in [0.1, 0.15) is 5.58 Å². The Morgan fingerprint density at radius 3 is 2.52 bits per heavy atom. The summed E-state index contributed by atoms with van der Waals surface area (Å²) in [7, 11) is 0. The van der Waals surface area contributed by atoms with Crippen molar-refractivity contribution in [3.63, 3.8) is 0 Å². The molecule has 0 spiro atoms. The first-order chi connectivity index (χ1) is 14.3. The van der Waals surface area contributed by atoms with Crippen molar-refractivity contribution in [2.24, 2.45) is 0 Å². The molecule has 5 rings (SSSR count). The number of fused-ring (bicyclic) bond motifs is 1. The van der Waals surface area contributed by atoms with Gasteiger partial charge in [-0.15, -0.1) is 5.10 Å². The van der Waals surface area contributed by atoms with E-state index in [0.717, 1.165) is 48.7 Å². The molecule has 3 aromatic rings. The van der Waals surface area contributed by atoms with Crippen molar-refractivity contribution in [1.29, 1.82) is 0 Å². The van der Waals surface area contributed by atoms with Crippen molar-refractivity contribution in [2.45, 2.75) is 0 Å². The predicted octanol–water partition coefficient (Wildman–Crippen LogP) is 2.02. The third kappa shape index (κ3) is 3.63. The lowest BCUT2D eigenvalue weighted by molar-refractivity contribution is 0.0717. The minimum atomic E-state index is -0.0530. The first-order valence-electron chi connectivity index (χ1n) is 9.96. The van der Waals surface area contributed by atoms with Crippen molar-refractivity contribution in [2.75, 3.05) is 62.3 Å². The molecule has 29 heavy (non-hydrogen) atoms. The van der Waals surface area contributed by atoms with Gasteiger partial charge >= 0.3 is 0 Å². The monoisotopic (exact) mass is 393 g/mol. The Morgan fingerprint density at radius 1 is 0.931 bits per heavy atom. The topological polar surface area (TPSA) is 74.9 Å². The van der Waals surface area contributed by atoms with Crippen LogP contribution in [-0.2, 0) is 4.74 Å². The van der Waals surface area contributed by atoms with E-state index < -0.39 is 0 Å². The average molecular weight is 393 g/mol. The molecule has 0 unspecified atom stereocenters. The van der Waals surface area contributed by atoms with Crippen molar-refractivity contribution in [3.8, 4) is 0 Å². The Labute approximate surface area is 168 Å². The van der Waals surface area contributed by atoms with Crippen LogP contribution in [0.1, 0.15) is 10.6 Å². The third-order valence-electron chi connectivity index (χ3n) is 5.53. The summed E-state index contributed by atoms with van der Waals surface area (Å²) >= 11 is 0. The summed E-state index contributed by atoms with van der Waals surface area (Å²) in [5, 5.41) is 9.42. The molecule has 0 aliphatic carbocycles. The number of amides is 1. The molecule has 8 nitrogen and oxygen atoms in total. The molecule has 0 radical (unpaired) electrons. The van der Waals surface area contributed by atoms with Gasteiger partial charge in [-0.3, -0.25) is 4.79 Å². The number of piperazine rings is 1. The second kappa shape index (κ2) is 7.71. The number of hydrogen-bond donors (Lipinski definition) is 0. The lowest BCUT2D eigenvalue weighted by Gasteiger charge is -2.36. The minimum absolute atomic E-state index is 0.0530. The number of hydrogen-bond acceptors (Lipinski definition) is 7. The number of carbonyl (C=O) groups is 1. The van der Waals surface area contributed by atoms with Crippen LogP contribution < -0.4 is 9.80 Å². The average Bonchev–Trinajstić information content (AvgIpc) is 3.24. The quantitative estimate of drug-likeness (QED) is 0.674. The Kier molecular flexibility index (Phi) is 4.77. The number of nitrogens with zero attached hydrogens (tertiary/aromatic N) is 5. The second-order valence-corrected chi connectivity index (χ2v) is 7.30. The largest absolute Gasteiger partial charge is 0.451 e. The smallest absolute Gasteiger partial charge is 0.289 e. The molecule has 2 aliphatic heterocycles. The molecule has 0 N–H and O–H groups in total. The van der Waals surface area contributed by atoms with Crippen molar-refractivity contribution in [3.05, 3.63) is 48.4 Å². The second-order valence-electron chi connectivity index (χ2n) is 7.30. The van der Waals surface area contributed by atoms with Crippen LogP contribution in [0, 0.1) is 0 Å². The summed E-state index contributed by atoms with van der Waals surface area (Å²) < 4.78 is 11.2. The molecule has 0 atom stereocenters. The Hall–Kier alpha value is -3.13. The molecule has 0 bridgehead atoms. The maximum absolute atomic E-state index is 12.8. The van der Waals surface area contributed by atoms with Crippen LogP contribution in [0.25, 0.3) is 11.0 Å². The van der Waals surface area contributed by atoms with Crippen LogP contribution >= 0.6 is 0 Å². The summed E-state index contributed by atoms with van der Waals surface area (Å²) in [6.07, 6.45) is 1.79. The number of aromatic nitrogens is 2. The summed E-state index contributed by atoms with van der Waals surface area (Å²) in [6, 6.07) is 11.6. The van der Waals surface area contributed by atoms with Crippen LogP contribution in [0.15, 0.2) is 47.0 Å². The van der Waals surface area contributed by atoms with Crippen LogP contribution in [0.3, 0.4) is 0 Å². The Balaban J connectivity index is 1.25. The molecular formula is C21H23N5O3. The number of furan rings is 1. The van der Waals surface area contributed by atoms with Crippen molar-refractivity contribution >= 4 is 28.4 Å². The van der Waals surface area contributed by atoms with Gasteiger partial charge in [-0.05, 0) is 12.1 Å². The van der Waals surface area contributed by atoms with Crippen LogP contribution in [0.5, 0.6) is 0 Å². The number of carbonyl (C=O) groups excluding carboxylic acids is 1. The van der Waals surface area contributed by atoms with Gasteiger partial charge in [0.05, 0.1) is 25.1 Å². The summed E-state index contributed by atoms with van der Waals surface area (Å²) in [5.74, 6) is 1.23. The fourth-order valence-corrected chi connectivity index (χ4v) is 3.88. The summed E-state index contributed by atoms with van der Waals surface area (Å²) in [6.45, 7) is 5.88. The Bertz CT molecular complexity index is 973. The number of benzene rings is 1. The number of para-hydroxylation sites is 1. The number of ether oxygens (including phenoxy) is 1. The van der Waals surface area contributed by atoms with Gasteiger partial charge in [0.2, 0.25) is 0 Å². The maximum atomic E-state index is 12.8. The molecular weight excluding hydrogens is 370 g/mol. The highest BCUT2D eigenvalue weighted by Gasteiger charge is 2.25. The van der Waals surface area contributed by atoms with Gasteiger partial charge < -0.3 is 23.9 Å². The van der Waals surface area contributed by atoms with Crippen LogP contribution in [0.2, 0.25) is 0 Å². The van der Waals surface area contributed by atoms with E-state index in [2.05, 4.69) is 26.1 Å². The molecule has 2 aromatic heterocycles. The van der Waals surface area contributed by atoms with E-state index in [4.69, 9.17) is 9.15 Å². The van der Waals surface area contributed by atoms with E-state index in [-0.39, 0.29) is 5.91 Å². The van der Waals surface area contributed by atoms with Gasteiger partial charge in [0, 0.05) is 50.7 Å². The predicted molar refractivity (Wildman–Crippen MR) is 109 cm³/mol. The van der Waals surface area contributed by atoms with Gasteiger partial charge in [0.15, 0.2) is 11.6 Å². The lowest BCUT2D eigenvalue weighted by Crippen LogP contribution is -2.48. The normalized spacial score (nSPS) is 17.7. The first kappa shape index (κ1) is 17.9. The zero-order valence-corrected chi connectivity index (χ0v) is 16.2. The fraction of sp³-hybridized carbons (Fsp3) is 0.381. The van der Waals surface area contributed by atoms with Crippen molar-refractivity contribution in [1.82, 2.24) is 15.1 Å². The van der Waals surface area contributed by atoms with E-state index in [1.807, 2.05) is 35.2 Å². The zero-order valence-electron chi connectivity index (χ0n) is 16.2.